The van der Waals surface area contributed by atoms with Crippen molar-refractivity contribution in [3.8, 4) is 0 Å². The predicted octanol–water partition coefficient (Wildman–Crippen LogP) is 4.31. The largest absolute Gasteiger partial charge is 0.481 e. The van der Waals surface area contributed by atoms with Crippen LogP contribution in [0.15, 0.2) is 18.2 Å². The van der Waals surface area contributed by atoms with Gasteiger partial charge in [0.1, 0.15) is 5.92 Å². The van der Waals surface area contributed by atoms with Gasteiger partial charge in [0.15, 0.2) is 5.13 Å². The third-order valence-corrected chi connectivity index (χ3v) is 4.80. The Morgan fingerprint density at radius 1 is 1.45 bits per heavy atom. The Bertz CT molecular complexity index is 687. The third-order valence-electron chi connectivity index (χ3n) is 3.19. The molecule has 20 heavy (non-hydrogen) atoms. The summed E-state index contributed by atoms with van der Waals surface area (Å²) in [5.41, 5.74) is 1.33. The van der Waals surface area contributed by atoms with E-state index in [1.807, 2.05) is 0 Å². The second-order valence-corrected chi connectivity index (χ2v) is 6.43. The zero-order chi connectivity index (χ0) is 14.3. The van der Waals surface area contributed by atoms with E-state index < -0.39 is 11.9 Å². The number of nitrogens with one attached hydrogen (secondary N) is 1. The van der Waals surface area contributed by atoms with Crippen molar-refractivity contribution < 1.29 is 9.90 Å². The van der Waals surface area contributed by atoms with Gasteiger partial charge in [0.25, 0.3) is 0 Å². The zero-order valence-electron chi connectivity index (χ0n) is 10.2. The van der Waals surface area contributed by atoms with Crippen molar-refractivity contribution >= 4 is 51.3 Å². The van der Waals surface area contributed by atoms with Gasteiger partial charge in [-0.2, -0.15) is 0 Å². The number of aliphatic carboxylic acids is 1. The lowest BCUT2D eigenvalue weighted by atomic mass is 10.1. The summed E-state index contributed by atoms with van der Waals surface area (Å²) in [5, 5.41) is 14.0. The molecular weight excluding hydrogens is 319 g/mol. The van der Waals surface area contributed by atoms with Gasteiger partial charge >= 0.3 is 5.97 Å². The number of halogens is 2. The molecule has 1 atom stereocenters. The molecule has 0 amide bonds. The summed E-state index contributed by atoms with van der Waals surface area (Å²) in [5.74, 6) is -1.31. The number of nitrogens with zero attached hydrogens (tertiary/aromatic N) is 1. The minimum absolute atomic E-state index is 0.494. The monoisotopic (exact) mass is 328 g/mol. The Morgan fingerprint density at radius 3 is 3.00 bits per heavy atom. The van der Waals surface area contributed by atoms with E-state index in [2.05, 4.69) is 10.3 Å². The Hall–Kier alpha value is -1.30. The van der Waals surface area contributed by atoms with Crippen LogP contribution in [0, 0.1) is 0 Å². The maximum atomic E-state index is 11.1. The lowest BCUT2D eigenvalue weighted by Crippen LogP contribution is -2.08. The van der Waals surface area contributed by atoms with E-state index in [-0.39, 0.29) is 0 Å². The molecule has 1 unspecified atom stereocenters. The van der Waals surface area contributed by atoms with Crippen LogP contribution in [0.3, 0.4) is 0 Å². The average molecular weight is 329 g/mol. The number of carboxylic acids is 1. The van der Waals surface area contributed by atoms with Crippen molar-refractivity contribution in [2.75, 3.05) is 5.32 Å². The van der Waals surface area contributed by atoms with E-state index in [1.165, 1.54) is 11.3 Å². The fourth-order valence-electron chi connectivity index (χ4n) is 2.23. The molecule has 104 valence electrons. The first-order chi connectivity index (χ1) is 9.54. The molecule has 1 heterocycles. The summed E-state index contributed by atoms with van der Waals surface area (Å²) in [4.78, 5) is 16.5. The Morgan fingerprint density at radius 2 is 2.25 bits per heavy atom. The predicted molar refractivity (Wildman–Crippen MR) is 80.6 cm³/mol. The Balaban J connectivity index is 1.88. The highest BCUT2D eigenvalue weighted by atomic mass is 35.5. The van der Waals surface area contributed by atoms with Gasteiger partial charge in [-0.3, -0.25) is 4.79 Å². The number of carboxylic acid groups (broad SMARTS) is 1. The van der Waals surface area contributed by atoms with E-state index in [4.69, 9.17) is 28.3 Å². The fourth-order valence-corrected chi connectivity index (χ4v) is 3.62. The zero-order valence-corrected chi connectivity index (χ0v) is 12.5. The molecule has 7 heteroatoms. The molecule has 0 spiro atoms. The number of aromatic nitrogens is 1. The molecule has 2 N–H and O–H groups in total. The summed E-state index contributed by atoms with van der Waals surface area (Å²) in [7, 11) is 0. The number of benzene rings is 1. The van der Waals surface area contributed by atoms with Crippen LogP contribution in [0.4, 0.5) is 10.8 Å². The van der Waals surface area contributed by atoms with Gasteiger partial charge in [-0.1, -0.05) is 23.2 Å². The number of rotatable bonds is 3. The molecular formula is C13H10Cl2N2O2S. The molecule has 1 aromatic heterocycles. The first-order valence-electron chi connectivity index (χ1n) is 5.99. The van der Waals surface area contributed by atoms with Crippen LogP contribution in [0.25, 0.3) is 0 Å². The molecule has 0 radical (unpaired) electrons. The van der Waals surface area contributed by atoms with Crippen molar-refractivity contribution in [1.82, 2.24) is 4.98 Å². The first-order valence-corrected chi connectivity index (χ1v) is 7.56. The smallest absolute Gasteiger partial charge is 0.312 e. The number of hydrogen-bond acceptors (Lipinski definition) is 4. The van der Waals surface area contributed by atoms with E-state index >= 15 is 0 Å². The molecule has 1 aliphatic rings. The van der Waals surface area contributed by atoms with Crippen LogP contribution in [0.2, 0.25) is 10.0 Å². The van der Waals surface area contributed by atoms with Gasteiger partial charge < -0.3 is 10.4 Å². The highest BCUT2D eigenvalue weighted by Crippen LogP contribution is 2.40. The van der Waals surface area contributed by atoms with Crippen LogP contribution < -0.4 is 5.32 Å². The summed E-state index contributed by atoms with van der Waals surface area (Å²) >= 11 is 13.5. The van der Waals surface area contributed by atoms with E-state index in [0.29, 0.717) is 33.0 Å². The molecule has 3 rings (SSSR count). The molecule has 4 nitrogen and oxygen atoms in total. The van der Waals surface area contributed by atoms with E-state index in [9.17, 15) is 4.79 Å². The molecule has 1 aliphatic carbocycles. The minimum atomic E-state index is -0.818. The van der Waals surface area contributed by atoms with Gasteiger partial charge in [-0.15, -0.1) is 11.3 Å². The van der Waals surface area contributed by atoms with Gasteiger partial charge in [0.2, 0.25) is 0 Å². The normalized spacial score (nSPS) is 17.0. The summed E-state index contributed by atoms with van der Waals surface area (Å²) in [6.45, 7) is 0. The molecule has 0 saturated heterocycles. The van der Waals surface area contributed by atoms with Crippen molar-refractivity contribution in [3.05, 3.63) is 38.8 Å². The highest BCUT2D eigenvalue weighted by Gasteiger charge is 2.32. The Labute approximate surface area is 129 Å². The molecule has 1 aromatic carbocycles. The maximum absolute atomic E-state index is 11.1. The molecule has 0 aliphatic heterocycles. The van der Waals surface area contributed by atoms with Crippen LogP contribution >= 0.6 is 34.5 Å². The van der Waals surface area contributed by atoms with Crippen molar-refractivity contribution in [3.63, 3.8) is 0 Å². The number of aryl methyl sites for hydroxylation is 1. The molecule has 0 bridgehead atoms. The Kier molecular flexibility index (Phi) is 3.58. The van der Waals surface area contributed by atoms with Crippen LogP contribution in [0.5, 0.6) is 0 Å². The second-order valence-electron chi connectivity index (χ2n) is 4.51. The standard InChI is InChI=1S/C13H10Cl2N2O2S/c14-6-1-3-8(15)9(5-6)16-13-17-11-7(12(18)19)2-4-10(11)20-13/h1,3,5,7H,2,4H2,(H,16,17)(H,18,19). The molecule has 0 fully saturated rings. The van der Waals surface area contributed by atoms with Crippen LogP contribution in [-0.2, 0) is 11.2 Å². The van der Waals surface area contributed by atoms with Gasteiger partial charge in [0.05, 0.1) is 16.4 Å². The average Bonchev–Trinajstić information content (AvgIpc) is 2.92. The summed E-state index contributed by atoms with van der Waals surface area (Å²) < 4.78 is 0. The first kappa shape index (κ1) is 13.7. The highest BCUT2D eigenvalue weighted by molar-refractivity contribution is 7.15. The second kappa shape index (κ2) is 5.24. The summed E-state index contributed by atoms with van der Waals surface area (Å²) in [6.07, 6.45) is 1.39. The lowest BCUT2D eigenvalue weighted by molar-refractivity contribution is -0.138. The van der Waals surface area contributed by atoms with Crippen LogP contribution in [0.1, 0.15) is 22.9 Å². The SMILES string of the molecule is O=C(O)C1CCc2sc(Nc3cc(Cl)ccc3Cl)nc21. The van der Waals surface area contributed by atoms with Gasteiger partial charge in [0, 0.05) is 9.90 Å². The number of hydrogen-bond donors (Lipinski definition) is 2. The van der Waals surface area contributed by atoms with Crippen molar-refractivity contribution in [1.29, 1.82) is 0 Å². The minimum Gasteiger partial charge on any atom is -0.481 e. The maximum Gasteiger partial charge on any atom is 0.312 e. The fraction of sp³-hybridized carbons (Fsp3) is 0.231. The quantitative estimate of drug-likeness (QED) is 0.881. The number of carbonyl (C=O) groups is 1. The van der Waals surface area contributed by atoms with Crippen molar-refractivity contribution in [2.24, 2.45) is 0 Å². The topological polar surface area (TPSA) is 62.2 Å². The molecule has 0 saturated carbocycles. The number of thiazole rings is 1. The van der Waals surface area contributed by atoms with Gasteiger partial charge in [-0.05, 0) is 31.0 Å². The molecule has 2 aromatic rings. The van der Waals surface area contributed by atoms with Crippen molar-refractivity contribution in [2.45, 2.75) is 18.8 Å². The lowest BCUT2D eigenvalue weighted by Gasteiger charge is -2.06. The number of anilines is 2. The third kappa shape index (κ3) is 2.49. The van der Waals surface area contributed by atoms with E-state index in [1.54, 1.807) is 18.2 Å². The summed E-state index contributed by atoms with van der Waals surface area (Å²) in [6, 6.07) is 5.12. The van der Waals surface area contributed by atoms with Crippen LogP contribution in [-0.4, -0.2) is 16.1 Å². The number of fused-ring (bicyclic) bond motifs is 1. The van der Waals surface area contributed by atoms with E-state index in [0.717, 1.165) is 11.3 Å². The van der Waals surface area contributed by atoms with Gasteiger partial charge in [-0.25, -0.2) is 4.98 Å².